The zero-order chi connectivity index (χ0) is 37.4. The van der Waals surface area contributed by atoms with Crippen LogP contribution < -0.4 is 23.4 Å². The Hall–Kier alpha value is -4.96. The van der Waals surface area contributed by atoms with Crippen LogP contribution in [0.15, 0.2) is 78.1 Å². The van der Waals surface area contributed by atoms with Crippen molar-refractivity contribution >= 4 is 27.4 Å². The smallest absolute Gasteiger partial charge is 0.416 e. The predicted molar refractivity (Wildman–Crippen MR) is 184 cm³/mol. The van der Waals surface area contributed by atoms with Crippen LogP contribution in [-0.2, 0) is 27.5 Å². The van der Waals surface area contributed by atoms with Crippen molar-refractivity contribution in [3.05, 3.63) is 95.7 Å². The number of amides is 1. The number of carbonyl (C=O) groups is 1. The summed E-state index contributed by atoms with van der Waals surface area (Å²) in [5.41, 5.74) is 0.323. The summed E-state index contributed by atoms with van der Waals surface area (Å²) in [5, 5.41) is 0. The molecule has 1 aliphatic carbocycles. The zero-order valence-electron chi connectivity index (χ0n) is 28.8. The van der Waals surface area contributed by atoms with Crippen molar-refractivity contribution in [3.8, 4) is 17.2 Å². The van der Waals surface area contributed by atoms with Gasteiger partial charge < -0.3 is 24.0 Å². The van der Waals surface area contributed by atoms with Crippen LogP contribution in [0.4, 0.5) is 29.1 Å². The number of nitrogens with zero attached hydrogens (tertiary/aromatic N) is 5. The molecule has 52 heavy (non-hydrogen) atoms. The molecule has 3 atom stereocenters. The van der Waals surface area contributed by atoms with Gasteiger partial charge in [0.25, 0.3) is 15.9 Å². The van der Waals surface area contributed by atoms with E-state index in [2.05, 4.69) is 9.97 Å². The molecule has 2 heterocycles. The lowest BCUT2D eigenvalue weighted by Gasteiger charge is -2.46. The van der Waals surface area contributed by atoms with E-state index in [9.17, 15) is 26.4 Å². The van der Waals surface area contributed by atoms with Gasteiger partial charge in [0, 0.05) is 42.1 Å². The van der Waals surface area contributed by atoms with E-state index in [1.807, 2.05) is 19.0 Å². The van der Waals surface area contributed by atoms with Gasteiger partial charge in [0.2, 0.25) is 0 Å². The van der Waals surface area contributed by atoms with Gasteiger partial charge in [-0.3, -0.25) is 4.79 Å². The minimum Gasteiger partial charge on any atom is -0.497 e. The van der Waals surface area contributed by atoms with E-state index in [0.717, 1.165) is 22.5 Å². The second kappa shape index (κ2) is 14.6. The lowest BCUT2D eigenvalue weighted by Crippen LogP contribution is -2.56. The van der Waals surface area contributed by atoms with Crippen molar-refractivity contribution in [2.45, 2.75) is 54.9 Å². The lowest BCUT2D eigenvalue weighted by molar-refractivity contribution is -0.137. The van der Waals surface area contributed by atoms with Crippen molar-refractivity contribution in [2.24, 2.45) is 0 Å². The van der Waals surface area contributed by atoms with Crippen LogP contribution in [0.25, 0.3) is 0 Å². The van der Waals surface area contributed by atoms with Gasteiger partial charge in [-0.15, -0.1) is 0 Å². The van der Waals surface area contributed by atoms with Crippen molar-refractivity contribution in [3.63, 3.8) is 0 Å². The van der Waals surface area contributed by atoms with Gasteiger partial charge in [-0.1, -0.05) is 18.2 Å². The van der Waals surface area contributed by atoms with Gasteiger partial charge in [-0.05, 0) is 63.0 Å². The normalized spacial score (nSPS) is 19.2. The van der Waals surface area contributed by atoms with E-state index >= 15 is 4.39 Å². The van der Waals surface area contributed by atoms with E-state index < -0.39 is 51.0 Å². The number of methoxy groups -OCH3 is 2. The number of benzene rings is 3. The number of aromatic nitrogens is 2. The van der Waals surface area contributed by atoms with Gasteiger partial charge in [-0.25, -0.2) is 27.1 Å². The van der Waals surface area contributed by atoms with Crippen molar-refractivity contribution in [1.82, 2.24) is 14.9 Å². The van der Waals surface area contributed by atoms with Crippen molar-refractivity contribution in [2.75, 3.05) is 44.1 Å². The molecule has 1 fully saturated rings. The van der Waals surface area contributed by atoms with Gasteiger partial charge >= 0.3 is 6.18 Å². The quantitative estimate of drug-likeness (QED) is 0.180. The average Bonchev–Trinajstić information content (AvgIpc) is 3.13. The fourth-order valence-electron chi connectivity index (χ4n) is 6.97. The molecule has 276 valence electrons. The molecular weight excluding hydrogens is 706 g/mol. The van der Waals surface area contributed by atoms with E-state index in [4.69, 9.17) is 14.2 Å². The molecular formula is C36H37F4N5O6S. The van der Waals surface area contributed by atoms with Crippen LogP contribution in [-0.4, -0.2) is 76.2 Å². The van der Waals surface area contributed by atoms with Gasteiger partial charge in [0.05, 0.1) is 38.1 Å². The summed E-state index contributed by atoms with van der Waals surface area (Å²) < 4.78 is 103. The number of hydrogen-bond donors (Lipinski definition) is 0. The van der Waals surface area contributed by atoms with Crippen LogP contribution >= 0.6 is 0 Å². The minimum atomic E-state index is -4.68. The van der Waals surface area contributed by atoms with Crippen LogP contribution in [0.5, 0.6) is 17.2 Å². The topological polar surface area (TPSA) is 114 Å². The maximum absolute atomic E-state index is 16.3. The maximum atomic E-state index is 16.3. The molecule has 1 unspecified atom stereocenters. The Morgan fingerprint density at radius 1 is 1.02 bits per heavy atom. The largest absolute Gasteiger partial charge is 0.497 e. The number of sulfonamides is 1. The summed E-state index contributed by atoms with van der Waals surface area (Å²) in [5.74, 6) is -1.03. The van der Waals surface area contributed by atoms with E-state index in [0.29, 0.717) is 41.9 Å². The molecule has 1 aliphatic heterocycles. The third-order valence-corrected chi connectivity index (χ3v) is 11.3. The van der Waals surface area contributed by atoms with E-state index in [-0.39, 0.29) is 35.8 Å². The molecule has 1 saturated carbocycles. The minimum absolute atomic E-state index is 0.0123. The molecule has 11 nitrogen and oxygen atoms in total. The first kappa shape index (κ1) is 36.8. The van der Waals surface area contributed by atoms with Crippen molar-refractivity contribution < 1.29 is 45.0 Å². The van der Waals surface area contributed by atoms with Gasteiger partial charge in [0.15, 0.2) is 6.61 Å². The maximum Gasteiger partial charge on any atom is 0.416 e. The highest BCUT2D eigenvalue weighted by Crippen LogP contribution is 2.44. The molecule has 2 aliphatic rings. The third kappa shape index (κ3) is 7.21. The number of likely N-dealkylation sites (N-methyl/N-ethyl adjacent to an activating group) is 1. The number of alkyl halides is 3. The number of anilines is 2. The Bertz CT molecular complexity index is 2050. The second-order valence-corrected chi connectivity index (χ2v) is 14.6. The van der Waals surface area contributed by atoms with Gasteiger partial charge in [0.1, 0.15) is 40.1 Å². The number of carbonyl (C=O) groups excluding carboxylic acids is 1. The standard InChI is InChI=1S/C36H37F4N5O6S/c1-43(2)29-15-23(22-6-5-7-25(14-22)36(38,39)40)9-11-28(29)45-30-17-27(37)33(18-32(30)51-20-35(45)46)52(47,48)44(34-12-13-41-21-42-34)19-24-8-10-26(49-3)16-31(24)50-4/h5-8,10,12-14,16-18,21,23,28-29H,9,11,15,19-20H2,1-4H3/t23-,28?,29-/m0/s1. The molecule has 0 spiro atoms. The molecule has 0 N–H and O–H groups in total. The average molecular weight is 744 g/mol. The monoisotopic (exact) mass is 743 g/mol. The Morgan fingerprint density at radius 2 is 1.81 bits per heavy atom. The van der Waals surface area contributed by atoms with Crippen LogP contribution in [0.2, 0.25) is 0 Å². The van der Waals surface area contributed by atoms with E-state index in [1.165, 1.54) is 49.8 Å². The van der Waals surface area contributed by atoms with Gasteiger partial charge in [-0.2, -0.15) is 13.2 Å². The summed E-state index contributed by atoms with van der Waals surface area (Å²) in [4.78, 5) is 24.1. The highest BCUT2D eigenvalue weighted by atomic mass is 32.2. The second-order valence-electron chi connectivity index (χ2n) is 12.8. The molecule has 0 bridgehead atoms. The lowest BCUT2D eigenvalue weighted by atomic mass is 9.77. The summed E-state index contributed by atoms with van der Waals surface area (Å²) in [6.45, 7) is -0.724. The molecule has 4 aromatic rings. The first-order chi connectivity index (χ1) is 24.7. The summed E-state index contributed by atoms with van der Waals surface area (Å²) in [7, 11) is 1.85. The number of ether oxygens (including phenoxy) is 3. The Balaban J connectivity index is 1.35. The first-order valence-electron chi connectivity index (χ1n) is 16.3. The number of hydrogen-bond acceptors (Lipinski definition) is 9. The molecule has 6 rings (SSSR count). The van der Waals surface area contributed by atoms with E-state index in [1.54, 1.807) is 24.3 Å². The molecule has 1 aromatic heterocycles. The fourth-order valence-corrected chi connectivity index (χ4v) is 8.43. The highest BCUT2D eigenvalue weighted by molar-refractivity contribution is 7.92. The number of fused-ring (bicyclic) bond motifs is 1. The summed E-state index contributed by atoms with van der Waals surface area (Å²) in [6.07, 6.45) is -0.675. The fraction of sp³-hybridized carbons (Fsp3) is 0.361. The Labute approximate surface area is 298 Å². The Kier molecular flexibility index (Phi) is 10.3. The third-order valence-electron chi connectivity index (χ3n) is 9.55. The molecule has 3 aromatic carbocycles. The number of halogens is 4. The van der Waals surface area contributed by atoms with Crippen molar-refractivity contribution in [1.29, 1.82) is 0 Å². The first-order valence-corrected chi connectivity index (χ1v) is 17.8. The molecule has 1 amide bonds. The number of rotatable bonds is 10. The highest BCUT2D eigenvalue weighted by Gasteiger charge is 2.43. The van der Waals surface area contributed by atoms with Crippen LogP contribution in [0, 0.1) is 5.82 Å². The Morgan fingerprint density at radius 3 is 2.48 bits per heavy atom. The van der Waals surface area contributed by atoms with Crippen LogP contribution in [0.1, 0.15) is 41.9 Å². The SMILES string of the molecule is COc1ccc(CN(c2ccncn2)S(=O)(=O)c2cc3c(cc2F)N(C2CC[C@H](c4cccc(C(F)(F)F)c4)C[C@@H]2N(C)C)C(=O)CO3)c(OC)c1. The molecule has 16 heteroatoms. The molecule has 0 radical (unpaired) electrons. The summed E-state index contributed by atoms with van der Waals surface area (Å²) >= 11 is 0. The van der Waals surface area contributed by atoms with Crippen LogP contribution in [0.3, 0.4) is 0 Å². The predicted octanol–water partition coefficient (Wildman–Crippen LogP) is 6.04. The summed E-state index contributed by atoms with van der Waals surface area (Å²) in [6, 6.07) is 12.7. The zero-order valence-corrected chi connectivity index (χ0v) is 29.6. The molecule has 0 saturated heterocycles.